The molecule has 3 aromatic carbocycles. The molecule has 182 valence electrons. The van der Waals surface area contributed by atoms with E-state index in [0.29, 0.717) is 17.6 Å². The molecule has 9 nitrogen and oxygen atoms in total. The Balaban J connectivity index is 1.34. The Bertz CT molecular complexity index is 1480. The highest BCUT2D eigenvalue weighted by Crippen LogP contribution is 2.15. The van der Waals surface area contributed by atoms with Crippen molar-refractivity contribution < 1.29 is 19.1 Å². The van der Waals surface area contributed by atoms with Gasteiger partial charge in [0.2, 0.25) is 0 Å². The van der Waals surface area contributed by atoms with Crippen molar-refractivity contribution in [2.75, 3.05) is 11.9 Å². The molecule has 0 unspecified atom stereocenters. The van der Waals surface area contributed by atoms with E-state index in [1.54, 1.807) is 48.5 Å². The highest BCUT2D eigenvalue weighted by molar-refractivity contribution is 6.04. The number of rotatable bonds is 8. The first-order valence-electron chi connectivity index (χ1n) is 11.2. The Kier molecular flexibility index (Phi) is 7.50. The van der Waals surface area contributed by atoms with Crippen LogP contribution in [0.1, 0.15) is 21.5 Å². The predicted octanol–water partition coefficient (Wildman–Crippen LogP) is 2.82. The molecule has 0 aliphatic rings. The maximum Gasteiger partial charge on any atom is 0.326 e. The van der Waals surface area contributed by atoms with Gasteiger partial charge in [0, 0.05) is 6.54 Å². The van der Waals surface area contributed by atoms with Crippen molar-refractivity contribution >= 4 is 34.5 Å². The Morgan fingerprint density at radius 1 is 0.944 bits per heavy atom. The van der Waals surface area contributed by atoms with Gasteiger partial charge >= 0.3 is 5.97 Å². The first-order chi connectivity index (χ1) is 17.4. The van der Waals surface area contributed by atoms with Crippen LogP contribution in [0.25, 0.3) is 11.0 Å². The quantitative estimate of drug-likeness (QED) is 0.371. The van der Waals surface area contributed by atoms with E-state index in [2.05, 4.69) is 15.6 Å². The van der Waals surface area contributed by atoms with E-state index < -0.39 is 24.0 Å². The minimum atomic E-state index is -0.757. The molecule has 1 aromatic heterocycles. The minimum absolute atomic E-state index is 0.277. The van der Waals surface area contributed by atoms with Crippen LogP contribution >= 0.6 is 0 Å². The van der Waals surface area contributed by atoms with E-state index >= 15 is 0 Å². The Labute approximate surface area is 206 Å². The molecule has 0 radical (unpaired) electrons. The number of esters is 1. The van der Waals surface area contributed by atoms with Gasteiger partial charge in [0.1, 0.15) is 6.54 Å². The number of fused-ring (bicyclic) bond motifs is 1. The molecule has 1 heterocycles. The van der Waals surface area contributed by atoms with Gasteiger partial charge in [-0.15, -0.1) is 0 Å². The second-order valence-electron chi connectivity index (χ2n) is 8.09. The van der Waals surface area contributed by atoms with Crippen LogP contribution in [0.2, 0.25) is 0 Å². The van der Waals surface area contributed by atoms with Gasteiger partial charge in [-0.25, -0.2) is 4.98 Å². The van der Waals surface area contributed by atoms with Crippen molar-refractivity contribution in [2.45, 2.75) is 20.0 Å². The highest BCUT2D eigenvalue weighted by atomic mass is 16.5. The maximum atomic E-state index is 12.7. The van der Waals surface area contributed by atoms with E-state index in [-0.39, 0.29) is 23.7 Å². The molecule has 0 spiro atoms. The van der Waals surface area contributed by atoms with Crippen molar-refractivity contribution in [1.29, 1.82) is 0 Å². The average molecular weight is 485 g/mol. The van der Waals surface area contributed by atoms with Gasteiger partial charge in [0.25, 0.3) is 17.4 Å². The molecule has 2 amide bonds. The van der Waals surface area contributed by atoms with Crippen molar-refractivity contribution in [3.63, 3.8) is 0 Å². The monoisotopic (exact) mass is 484 g/mol. The third-order valence-corrected chi connectivity index (χ3v) is 5.42. The third kappa shape index (κ3) is 6.01. The van der Waals surface area contributed by atoms with Gasteiger partial charge < -0.3 is 15.4 Å². The van der Waals surface area contributed by atoms with Crippen LogP contribution in [0.5, 0.6) is 0 Å². The van der Waals surface area contributed by atoms with Crippen LogP contribution in [-0.4, -0.2) is 33.9 Å². The van der Waals surface area contributed by atoms with Crippen LogP contribution in [0.3, 0.4) is 0 Å². The number of carbonyl (C=O) groups excluding carboxylic acids is 3. The molecular weight excluding hydrogens is 460 g/mol. The summed E-state index contributed by atoms with van der Waals surface area (Å²) in [5.74, 6) is -1.73. The zero-order valence-corrected chi connectivity index (χ0v) is 19.6. The van der Waals surface area contributed by atoms with Gasteiger partial charge in [0.05, 0.1) is 28.5 Å². The van der Waals surface area contributed by atoms with E-state index in [0.717, 1.165) is 17.3 Å². The molecule has 36 heavy (non-hydrogen) atoms. The number of aromatic nitrogens is 2. The largest absolute Gasteiger partial charge is 0.454 e. The molecule has 0 saturated heterocycles. The molecule has 0 bridgehead atoms. The normalized spacial score (nSPS) is 10.6. The third-order valence-electron chi connectivity index (χ3n) is 5.42. The number of benzene rings is 3. The lowest BCUT2D eigenvalue weighted by Crippen LogP contribution is -2.29. The number of carbonyl (C=O) groups is 3. The second kappa shape index (κ2) is 11.1. The van der Waals surface area contributed by atoms with E-state index in [1.165, 1.54) is 4.57 Å². The van der Waals surface area contributed by atoms with E-state index in [4.69, 9.17) is 4.74 Å². The summed E-state index contributed by atoms with van der Waals surface area (Å²) in [6.07, 6.45) is 1.13. The summed E-state index contributed by atoms with van der Waals surface area (Å²) in [5.41, 5.74) is 3.22. The number of ether oxygens (including phenoxy) is 1. The summed E-state index contributed by atoms with van der Waals surface area (Å²) < 4.78 is 6.30. The minimum Gasteiger partial charge on any atom is -0.454 e. The van der Waals surface area contributed by atoms with Crippen LogP contribution in [0.15, 0.2) is 83.8 Å². The zero-order chi connectivity index (χ0) is 25.5. The SMILES string of the molecule is Cc1ccc(CNC(=O)c2ccccc2NC(=O)COC(=O)Cn2c(=O)cnc3ccccc32)cc1. The van der Waals surface area contributed by atoms with E-state index in [1.807, 2.05) is 31.2 Å². The predicted molar refractivity (Wildman–Crippen MR) is 134 cm³/mol. The topological polar surface area (TPSA) is 119 Å². The first-order valence-corrected chi connectivity index (χ1v) is 11.2. The number of nitrogens with one attached hydrogen (secondary N) is 2. The number of amides is 2. The molecule has 4 rings (SSSR count). The highest BCUT2D eigenvalue weighted by Gasteiger charge is 2.15. The fraction of sp³-hybridized carbons (Fsp3) is 0.148. The number of para-hydroxylation sites is 3. The first kappa shape index (κ1) is 24.3. The van der Waals surface area contributed by atoms with Gasteiger partial charge in [-0.05, 0) is 36.8 Å². The fourth-order valence-corrected chi connectivity index (χ4v) is 3.56. The van der Waals surface area contributed by atoms with Gasteiger partial charge in [0.15, 0.2) is 6.61 Å². The summed E-state index contributed by atoms with van der Waals surface area (Å²) in [5, 5.41) is 5.43. The lowest BCUT2D eigenvalue weighted by molar-refractivity contribution is -0.147. The van der Waals surface area contributed by atoms with Crippen LogP contribution in [0.4, 0.5) is 5.69 Å². The Hall–Kier alpha value is -4.79. The molecule has 0 fully saturated rings. The van der Waals surface area contributed by atoms with Gasteiger partial charge in [-0.1, -0.05) is 54.1 Å². The molecule has 4 aromatic rings. The summed E-state index contributed by atoms with van der Waals surface area (Å²) in [7, 11) is 0. The smallest absolute Gasteiger partial charge is 0.326 e. The van der Waals surface area contributed by atoms with Crippen LogP contribution in [-0.2, 0) is 27.4 Å². The Morgan fingerprint density at radius 2 is 1.67 bits per heavy atom. The summed E-state index contributed by atoms with van der Waals surface area (Å²) in [4.78, 5) is 53.7. The molecular formula is C27H24N4O5. The van der Waals surface area contributed by atoms with E-state index in [9.17, 15) is 19.2 Å². The standard InChI is InChI=1S/C27H24N4O5/c1-18-10-12-19(13-11-18)14-29-27(35)20-6-2-3-7-21(20)30-24(32)17-36-26(34)16-31-23-9-5-4-8-22(23)28-15-25(31)33/h2-13,15H,14,16-17H2,1H3,(H,29,35)(H,30,32). The van der Waals surface area contributed by atoms with Gasteiger partial charge in [-0.3, -0.25) is 23.7 Å². The van der Waals surface area contributed by atoms with Crippen molar-refractivity contribution in [3.05, 3.63) is 106 Å². The van der Waals surface area contributed by atoms with Crippen molar-refractivity contribution in [1.82, 2.24) is 14.9 Å². The molecule has 0 aliphatic heterocycles. The fourth-order valence-electron chi connectivity index (χ4n) is 3.56. The van der Waals surface area contributed by atoms with Gasteiger partial charge in [-0.2, -0.15) is 0 Å². The molecule has 9 heteroatoms. The van der Waals surface area contributed by atoms with Crippen LogP contribution in [0, 0.1) is 6.92 Å². The number of nitrogens with zero attached hydrogens (tertiary/aromatic N) is 2. The molecule has 0 saturated carbocycles. The summed E-state index contributed by atoms with van der Waals surface area (Å²) in [6, 6.07) is 21.2. The Morgan fingerprint density at radius 3 is 2.47 bits per heavy atom. The van der Waals surface area contributed by atoms with Crippen LogP contribution < -0.4 is 16.2 Å². The number of hydrogen-bond donors (Lipinski definition) is 2. The molecule has 2 N–H and O–H groups in total. The maximum absolute atomic E-state index is 12.7. The lowest BCUT2D eigenvalue weighted by atomic mass is 10.1. The molecule has 0 aliphatic carbocycles. The number of hydrogen-bond acceptors (Lipinski definition) is 6. The zero-order valence-electron chi connectivity index (χ0n) is 19.6. The summed E-state index contributed by atoms with van der Waals surface area (Å²) >= 11 is 0. The number of aryl methyl sites for hydroxylation is 1. The average Bonchev–Trinajstić information content (AvgIpc) is 2.89. The van der Waals surface area contributed by atoms with Crippen molar-refractivity contribution in [2.24, 2.45) is 0 Å². The van der Waals surface area contributed by atoms with Crippen molar-refractivity contribution in [3.8, 4) is 0 Å². The number of anilines is 1. The lowest BCUT2D eigenvalue weighted by Gasteiger charge is -2.12. The second-order valence-corrected chi connectivity index (χ2v) is 8.09. The molecule has 0 atom stereocenters. The summed E-state index contributed by atoms with van der Waals surface area (Å²) in [6.45, 7) is 1.38.